The van der Waals surface area contributed by atoms with Gasteiger partial charge in [-0.3, -0.25) is 0 Å². The minimum Gasteiger partial charge on any atom is -0.487 e. The summed E-state index contributed by atoms with van der Waals surface area (Å²) in [7, 11) is 0. The van der Waals surface area contributed by atoms with Crippen LogP contribution in [0, 0.1) is 5.82 Å². The minimum atomic E-state index is -0.868. The Hall–Kier alpha value is -3.68. The molecule has 0 fully saturated rings. The zero-order valence-electron chi connectivity index (χ0n) is 16.9. The largest absolute Gasteiger partial charge is 0.487 e. The van der Waals surface area contributed by atoms with E-state index in [0.717, 1.165) is 10.9 Å². The summed E-state index contributed by atoms with van der Waals surface area (Å²) >= 11 is 6.39. The highest BCUT2D eigenvalue weighted by molar-refractivity contribution is 6.32. The summed E-state index contributed by atoms with van der Waals surface area (Å²) in [5.74, 6) is 0.751. The molecule has 0 radical (unpaired) electrons. The van der Waals surface area contributed by atoms with Gasteiger partial charge in [-0.25, -0.2) is 14.4 Å². The molecule has 32 heavy (non-hydrogen) atoms. The predicted molar refractivity (Wildman–Crippen MR) is 125 cm³/mol. The second-order valence-corrected chi connectivity index (χ2v) is 7.38. The maximum atomic E-state index is 13.3. The van der Waals surface area contributed by atoms with Crippen LogP contribution < -0.4 is 15.4 Å². The molecule has 8 heteroatoms. The van der Waals surface area contributed by atoms with Gasteiger partial charge in [-0.15, -0.1) is 0 Å². The molecular weight excluding hydrogens is 431 g/mol. The Balaban J connectivity index is 1.52. The maximum absolute atomic E-state index is 13.3. The molecule has 6 nitrogen and oxygen atoms in total. The number of hydrogen-bond donors (Lipinski definition) is 3. The molecule has 3 N–H and O–H groups in total. The third-order valence-corrected chi connectivity index (χ3v) is 4.95. The van der Waals surface area contributed by atoms with Crippen molar-refractivity contribution in [3.05, 3.63) is 96.0 Å². The normalized spacial score (nSPS) is 11.7. The quantitative estimate of drug-likeness (QED) is 0.237. The Morgan fingerprint density at radius 3 is 2.72 bits per heavy atom. The van der Waals surface area contributed by atoms with Crippen molar-refractivity contribution in [2.24, 2.45) is 0 Å². The molecule has 1 atom stereocenters. The molecule has 0 amide bonds. The molecule has 162 valence electrons. The van der Waals surface area contributed by atoms with E-state index in [2.05, 4.69) is 27.2 Å². The van der Waals surface area contributed by atoms with Gasteiger partial charge in [-0.1, -0.05) is 30.3 Å². The summed E-state index contributed by atoms with van der Waals surface area (Å²) in [6.45, 7) is 3.75. The molecule has 0 aliphatic rings. The summed E-state index contributed by atoms with van der Waals surface area (Å²) in [5, 5.41) is 17.1. The molecule has 0 aliphatic carbocycles. The average Bonchev–Trinajstić information content (AvgIpc) is 2.79. The topological polar surface area (TPSA) is 79.3 Å². The standard InChI is InChI=1S/C24H20ClFN4O2/c1-2-23(31)29-17-6-8-21-19(11-17)24(28-14-27-21)30-18-7-9-22(20(25)12-18)32-13-15-4-3-5-16(26)10-15/h2-12,14,23,29,31H,1,13H2,(H,27,28,30). The van der Waals surface area contributed by atoms with Gasteiger partial charge in [0.15, 0.2) is 0 Å². The lowest BCUT2D eigenvalue weighted by Gasteiger charge is -2.13. The molecule has 0 aliphatic heterocycles. The number of fused-ring (bicyclic) bond motifs is 1. The number of rotatable bonds is 8. The molecule has 0 bridgehead atoms. The van der Waals surface area contributed by atoms with E-state index in [1.165, 1.54) is 24.5 Å². The fourth-order valence-corrected chi connectivity index (χ4v) is 3.33. The first kappa shape index (κ1) is 21.5. The van der Waals surface area contributed by atoms with Crippen molar-refractivity contribution in [3.8, 4) is 5.75 Å². The third-order valence-electron chi connectivity index (χ3n) is 4.65. The smallest absolute Gasteiger partial charge is 0.143 e. The van der Waals surface area contributed by atoms with E-state index in [1.807, 2.05) is 24.3 Å². The van der Waals surface area contributed by atoms with Gasteiger partial charge in [0.25, 0.3) is 0 Å². The van der Waals surface area contributed by atoms with Crippen LogP contribution in [0.5, 0.6) is 5.75 Å². The lowest BCUT2D eigenvalue weighted by molar-refractivity contribution is 0.253. The number of aliphatic hydroxyl groups excluding tert-OH is 1. The van der Waals surface area contributed by atoms with Gasteiger partial charge in [-0.2, -0.15) is 0 Å². The number of nitrogens with zero attached hydrogens (tertiary/aromatic N) is 2. The van der Waals surface area contributed by atoms with Crippen molar-refractivity contribution in [2.45, 2.75) is 12.8 Å². The fraction of sp³-hybridized carbons (Fsp3) is 0.0833. The average molecular weight is 451 g/mol. The highest BCUT2D eigenvalue weighted by Crippen LogP contribution is 2.31. The third kappa shape index (κ3) is 5.14. The SMILES string of the molecule is C=CC(O)Nc1ccc2ncnc(Nc3ccc(OCc4cccc(F)c4)c(Cl)c3)c2c1. The van der Waals surface area contributed by atoms with Gasteiger partial charge < -0.3 is 20.5 Å². The van der Waals surface area contributed by atoms with Crippen LogP contribution in [-0.4, -0.2) is 21.3 Å². The number of aromatic nitrogens is 2. The second-order valence-electron chi connectivity index (χ2n) is 6.97. The van der Waals surface area contributed by atoms with E-state index in [9.17, 15) is 9.50 Å². The van der Waals surface area contributed by atoms with Gasteiger partial charge in [-0.05, 0) is 60.2 Å². The van der Waals surface area contributed by atoms with E-state index in [4.69, 9.17) is 16.3 Å². The highest BCUT2D eigenvalue weighted by Gasteiger charge is 2.09. The van der Waals surface area contributed by atoms with Gasteiger partial charge in [0.1, 0.15) is 36.5 Å². The van der Waals surface area contributed by atoms with Crippen LogP contribution >= 0.6 is 11.6 Å². The molecule has 1 heterocycles. The minimum absolute atomic E-state index is 0.202. The van der Waals surface area contributed by atoms with Crippen molar-refractivity contribution in [2.75, 3.05) is 10.6 Å². The number of benzene rings is 3. The van der Waals surface area contributed by atoms with Gasteiger partial charge >= 0.3 is 0 Å². The monoisotopic (exact) mass is 450 g/mol. The molecule has 1 aromatic heterocycles. The van der Waals surface area contributed by atoms with Crippen LogP contribution in [0.1, 0.15) is 5.56 Å². The zero-order chi connectivity index (χ0) is 22.5. The van der Waals surface area contributed by atoms with Crippen molar-refractivity contribution in [1.82, 2.24) is 9.97 Å². The van der Waals surface area contributed by atoms with Crippen LogP contribution in [-0.2, 0) is 6.61 Å². The molecule has 0 saturated heterocycles. The zero-order valence-corrected chi connectivity index (χ0v) is 17.7. The van der Waals surface area contributed by atoms with E-state index in [1.54, 1.807) is 24.3 Å². The Morgan fingerprint density at radius 2 is 1.94 bits per heavy atom. The van der Waals surface area contributed by atoms with Crippen LogP contribution in [0.3, 0.4) is 0 Å². The number of aliphatic hydroxyl groups is 1. The Morgan fingerprint density at radius 1 is 1.09 bits per heavy atom. The van der Waals surface area contributed by atoms with Crippen LogP contribution in [0.25, 0.3) is 10.9 Å². The lowest BCUT2D eigenvalue weighted by Crippen LogP contribution is -2.14. The van der Waals surface area contributed by atoms with Gasteiger partial charge in [0.05, 0.1) is 10.5 Å². The first-order valence-corrected chi connectivity index (χ1v) is 10.2. The van der Waals surface area contributed by atoms with E-state index >= 15 is 0 Å². The van der Waals surface area contributed by atoms with Crippen molar-refractivity contribution in [1.29, 1.82) is 0 Å². The van der Waals surface area contributed by atoms with Crippen molar-refractivity contribution < 1.29 is 14.2 Å². The number of anilines is 3. The van der Waals surface area contributed by atoms with Crippen LogP contribution in [0.15, 0.2) is 79.6 Å². The summed E-state index contributed by atoms with van der Waals surface area (Å²) < 4.78 is 19.1. The molecule has 0 saturated carbocycles. The second kappa shape index (κ2) is 9.64. The lowest BCUT2D eigenvalue weighted by atomic mass is 10.2. The number of nitrogens with one attached hydrogen (secondary N) is 2. The summed E-state index contributed by atoms with van der Waals surface area (Å²) in [6, 6.07) is 17.0. The van der Waals surface area contributed by atoms with Gasteiger partial charge in [0, 0.05) is 16.8 Å². The molecule has 4 rings (SSSR count). The van der Waals surface area contributed by atoms with Crippen molar-refractivity contribution in [3.63, 3.8) is 0 Å². The first-order chi connectivity index (χ1) is 15.5. The molecular formula is C24H20ClFN4O2. The van der Waals surface area contributed by atoms with Gasteiger partial charge in [0.2, 0.25) is 0 Å². The molecule has 4 aromatic rings. The molecule has 0 spiro atoms. The predicted octanol–water partition coefficient (Wildman–Crippen LogP) is 5.66. The Labute approximate surface area is 189 Å². The summed E-state index contributed by atoms with van der Waals surface area (Å²) in [6.07, 6.45) is 1.99. The van der Waals surface area contributed by atoms with Crippen LogP contribution in [0.2, 0.25) is 5.02 Å². The molecule has 1 unspecified atom stereocenters. The van der Waals surface area contributed by atoms with Crippen LogP contribution in [0.4, 0.5) is 21.6 Å². The maximum Gasteiger partial charge on any atom is 0.143 e. The summed E-state index contributed by atoms with van der Waals surface area (Å²) in [4.78, 5) is 8.62. The fourth-order valence-electron chi connectivity index (χ4n) is 3.10. The van der Waals surface area contributed by atoms with E-state index in [0.29, 0.717) is 33.5 Å². The number of hydrogen-bond acceptors (Lipinski definition) is 6. The highest BCUT2D eigenvalue weighted by atomic mass is 35.5. The summed E-state index contributed by atoms with van der Waals surface area (Å²) in [5.41, 5.74) is 2.85. The van der Waals surface area contributed by atoms with E-state index in [-0.39, 0.29) is 12.4 Å². The first-order valence-electron chi connectivity index (χ1n) is 9.77. The Kier molecular flexibility index (Phi) is 6.49. The Bertz CT molecular complexity index is 1270. The molecule has 3 aromatic carbocycles. The van der Waals surface area contributed by atoms with E-state index < -0.39 is 6.23 Å². The van der Waals surface area contributed by atoms with Crippen molar-refractivity contribution >= 4 is 39.7 Å². The number of halogens is 2. The number of ether oxygens (including phenoxy) is 1.